The lowest BCUT2D eigenvalue weighted by atomic mass is 10.1. The fourth-order valence-corrected chi connectivity index (χ4v) is 3.33. The molecule has 0 atom stereocenters. The van der Waals surface area contributed by atoms with E-state index < -0.39 is 5.97 Å². The molecule has 0 heterocycles. The zero-order chi connectivity index (χ0) is 20.7. The summed E-state index contributed by atoms with van der Waals surface area (Å²) < 4.78 is 0. The molecule has 1 amide bonds. The van der Waals surface area contributed by atoms with Crippen molar-refractivity contribution in [2.24, 2.45) is 0 Å². The van der Waals surface area contributed by atoms with Gasteiger partial charge in [-0.2, -0.15) is 0 Å². The Labute approximate surface area is 173 Å². The van der Waals surface area contributed by atoms with Crippen LogP contribution in [-0.4, -0.2) is 23.5 Å². The summed E-state index contributed by atoms with van der Waals surface area (Å²) in [6, 6.07) is 0. The molecule has 0 saturated carbocycles. The summed E-state index contributed by atoms with van der Waals surface area (Å²) in [6.45, 7) is 2.00. The molecule has 4 nitrogen and oxygen atoms in total. The number of carboxylic acid groups (broad SMARTS) is 1. The molecule has 2 N–H and O–H groups in total. The van der Waals surface area contributed by atoms with Crippen LogP contribution >= 0.6 is 0 Å². The number of amides is 1. The number of carbonyl (C=O) groups is 2. The van der Waals surface area contributed by atoms with Gasteiger partial charge in [-0.05, 0) is 32.1 Å². The molecule has 0 bridgehead atoms. The van der Waals surface area contributed by atoms with E-state index in [0.29, 0.717) is 6.42 Å². The van der Waals surface area contributed by atoms with Crippen molar-refractivity contribution in [2.75, 3.05) is 6.54 Å². The van der Waals surface area contributed by atoms with Crippen LogP contribution in [0.3, 0.4) is 0 Å². The van der Waals surface area contributed by atoms with Crippen LogP contribution in [-0.2, 0) is 9.59 Å². The minimum absolute atomic E-state index is 0.150. The zero-order valence-electron chi connectivity index (χ0n) is 18.4. The normalized spacial score (nSPS) is 11.2. The third kappa shape index (κ3) is 22.7. The topological polar surface area (TPSA) is 66.4 Å². The van der Waals surface area contributed by atoms with E-state index in [1.807, 2.05) is 0 Å². The number of allylic oxidation sites excluding steroid dienone is 2. The van der Waals surface area contributed by atoms with Crippen molar-refractivity contribution < 1.29 is 14.7 Å². The van der Waals surface area contributed by atoms with Gasteiger partial charge in [0.05, 0.1) is 0 Å². The summed E-state index contributed by atoms with van der Waals surface area (Å²) in [5, 5.41) is 10.9. The van der Waals surface area contributed by atoms with Gasteiger partial charge in [0.25, 0.3) is 0 Å². The number of carboxylic acids is 1. The summed E-state index contributed by atoms with van der Waals surface area (Å²) in [5.74, 6) is -1.14. The minimum Gasteiger partial charge on any atom is -0.480 e. The highest BCUT2D eigenvalue weighted by Gasteiger charge is 2.03. The van der Waals surface area contributed by atoms with Crippen LogP contribution in [0.1, 0.15) is 122 Å². The third-order valence-electron chi connectivity index (χ3n) is 5.10. The summed E-state index contributed by atoms with van der Waals surface area (Å²) in [7, 11) is 0. The van der Waals surface area contributed by atoms with Crippen LogP contribution in [0, 0.1) is 0 Å². The number of rotatable bonds is 21. The Hall–Kier alpha value is -1.32. The van der Waals surface area contributed by atoms with Crippen molar-refractivity contribution in [3.05, 3.63) is 12.2 Å². The number of unbranched alkanes of at least 4 members (excludes halogenated alkanes) is 15. The van der Waals surface area contributed by atoms with Gasteiger partial charge in [-0.3, -0.25) is 9.59 Å². The number of hydrogen-bond acceptors (Lipinski definition) is 2. The number of aliphatic carboxylic acids is 1. The molecular formula is C24H45NO3. The largest absolute Gasteiger partial charge is 0.480 e. The first-order valence-electron chi connectivity index (χ1n) is 11.8. The Kier molecular flexibility index (Phi) is 20.9. The molecule has 4 heteroatoms. The van der Waals surface area contributed by atoms with Crippen LogP contribution < -0.4 is 5.32 Å². The van der Waals surface area contributed by atoms with Gasteiger partial charge in [-0.25, -0.2) is 0 Å². The highest BCUT2D eigenvalue weighted by molar-refractivity contribution is 5.80. The van der Waals surface area contributed by atoms with Crippen molar-refractivity contribution in [1.29, 1.82) is 0 Å². The zero-order valence-corrected chi connectivity index (χ0v) is 18.4. The monoisotopic (exact) mass is 395 g/mol. The second-order valence-electron chi connectivity index (χ2n) is 7.92. The van der Waals surface area contributed by atoms with E-state index in [1.54, 1.807) is 0 Å². The van der Waals surface area contributed by atoms with Gasteiger partial charge >= 0.3 is 5.97 Å². The van der Waals surface area contributed by atoms with Gasteiger partial charge in [-0.15, -0.1) is 0 Å². The minimum atomic E-state index is -0.988. The summed E-state index contributed by atoms with van der Waals surface area (Å²) in [5.41, 5.74) is 0. The SMILES string of the molecule is CCCCCCCC/C=C\CCCCCCCCCCCC(=O)NCC(=O)O. The summed E-state index contributed by atoms with van der Waals surface area (Å²) in [4.78, 5) is 21.7. The summed E-state index contributed by atoms with van der Waals surface area (Å²) in [6.07, 6.45) is 26.9. The Morgan fingerprint density at radius 2 is 1.11 bits per heavy atom. The first-order valence-corrected chi connectivity index (χ1v) is 11.8. The fraction of sp³-hybridized carbons (Fsp3) is 0.833. The lowest BCUT2D eigenvalue weighted by Crippen LogP contribution is -2.28. The maximum Gasteiger partial charge on any atom is 0.322 e. The second-order valence-corrected chi connectivity index (χ2v) is 7.92. The highest BCUT2D eigenvalue weighted by Crippen LogP contribution is 2.12. The molecule has 0 aromatic heterocycles. The molecule has 0 rings (SSSR count). The Morgan fingerprint density at radius 3 is 1.57 bits per heavy atom. The molecular weight excluding hydrogens is 350 g/mol. The average molecular weight is 396 g/mol. The molecule has 0 aromatic rings. The Bertz CT molecular complexity index is 393. The number of hydrogen-bond donors (Lipinski definition) is 2. The van der Waals surface area contributed by atoms with Gasteiger partial charge in [0, 0.05) is 6.42 Å². The van der Waals surface area contributed by atoms with Gasteiger partial charge in [0.2, 0.25) is 5.91 Å². The maximum atomic E-state index is 11.4. The molecule has 0 spiro atoms. The molecule has 164 valence electrons. The molecule has 28 heavy (non-hydrogen) atoms. The van der Waals surface area contributed by atoms with Crippen molar-refractivity contribution in [1.82, 2.24) is 5.32 Å². The highest BCUT2D eigenvalue weighted by atomic mass is 16.4. The van der Waals surface area contributed by atoms with Crippen LogP contribution in [0.15, 0.2) is 12.2 Å². The van der Waals surface area contributed by atoms with Crippen molar-refractivity contribution in [3.63, 3.8) is 0 Å². The van der Waals surface area contributed by atoms with Crippen LogP contribution in [0.5, 0.6) is 0 Å². The van der Waals surface area contributed by atoms with E-state index >= 15 is 0 Å². The molecule has 0 aliphatic rings. The quantitative estimate of drug-likeness (QED) is 0.166. The van der Waals surface area contributed by atoms with E-state index in [0.717, 1.165) is 12.8 Å². The molecule has 0 saturated heterocycles. The van der Waals surface area contributed by atoms with Gasteiger partial charge < -0.3 is 10.4 Å². The lowest BCUT2D eigenvalue weighted by molar-refractivity contribution is -0.137. The smallest absolute Gasteiger partial charge is 0.322 e. The second kappa shape index (κ2) is 22.0. The lowest BCUT2D eigenvalue weighted by Gasteiger charge is -2.03. The standard InChI is InChI=1S/C24H45NO3/c1-2-3-4-5-6-7-8-9-10-11-12-13-14-15-16-17-18-19-20-21-23(26)25-22-24(27)28/h9-10H,2-8,11-22H2,1H3,(H,25,26)(H,27,28)/b10-9-. The predicted molar refractivity (Wildman–Crippen MR) is 119 cm³/mol. The van der Waals surface area contributed by atoms with Gasteiger partial charge in [0.1, 0.15) is 6.54 Å². The molecule has 0 aliphatic carbocycles. The van der Waals surface area contributed by atoms with E-state index in [-0.39, 0.29) is 12.5 Å². The van der Waals surface area contributed by atoms with Crippen molar-refractivity contribution in [3.8, 4) is 0 Å². The average Bonchev–Trinajstić information content (AvgIpc) is 2.68. The van der Waals surface area contributed by atoms with Crippen LogP contribution in [0.4, 0.5) is 0 Å². The third-order valence-corrected chi connectivity index (χ3v) is 5.10. The van der Waals surface area contributed by atoms with Crippen LogP contribution in [0.2, 0.25) is 0 Å². The van der Waals surface area contributed by atoms with Gasteiger partial charge in [-0.1, -0.05) is 96.1 Å². The molecule has 0 unspecified atom stereocenters. The molecule has 0 aromatic carbocycles. The molecule has 0 radical (unpaired) electrons. The van der Waals surface area contributed by atoms with E-state index in [1.165, 1.54) is 96.3 Å². The van der Waals surface area contributed by atoms with Gasteiger partial charge in [0.15, 0.2) is 0 Å². The van der Waals surface area contributed by atoms with E-state index in [4.69, 9.17) is 5.11 Å². The maximum absolute atomic E-state index is 11.4. The number of carbonyl (C=O) groups excluding carboxylic acids is 1. The Balaban J connectivity index is 3.16. The van der Waals surface area contributed by atoms with E-state index in [2.05, 4.69) is 24.4 Å². The molecule has 0 aliphatic heterocycles. The van der Waals surface area contributed by atoms with Crippen molar-refractivity contribution in [2.45, 2.75) is 122 Å². The van der Waals surface area contributed by atoms with Crippen LogP contribution in [0.25, 0.3) is 0 Å². The summed E-state index contributed by atoms with van der Waals surface area (Å²) >= 11 is 0. The fourth-order valence-electron chi connectivity index (χ4n) is 3.33. The van der Waals surface area contributed by atoms with E-state index in [9.17, 15) is 9.59 Å². The first-order chi connectivity index (χ1) is 13.7. The number of nitrogens with one attached hydrogen (secondary N) is 1. The predicted octanol–water partition coefficient (Wildman–Crippen LogP) is 6.79. The van der Waals surface area contributed by atoms with Crippen molar-refractivity contribution >= 4 is 11.9 Å². The first kappa shape index (κ1) is 26.7. The Morgan fingerprint density at radius 1 is 0.679 bits per heavy atom. The molecule has 0 fully saturated rings.